The molecule has 3 nitrogen and oxygen atoms in total. The molecule has 2 N–H and O–H groups in total. The Morgan fingerprint density at radius 2 is 2.15 bits per heavy atom. The van der Waals surface area contributed by atoms with Gasteiger partial charge in [-0.25, -0.2) is 0 Å². The van der Waals surface area contributed by atoms with Gasteiger partial charge in [0.25, 0.3) is 0 Å². The highest BCUT2D eigenvalue weighted by Crippen LogP contribution is 2.25. The molecule has 0 fully saturated rings. The molecule has 0 unspecified atom stereocenters. The molecule has 0 aromatic heterocycles. The van der Waals surface area contributed by atoms with Gasteiger partial charge < -0.3 is 10.4 Å². The Hall–Kier alpha value is -1.51. The molecule has 1 aliphatic heterocycles. The molecular weight excluding hydrogens is 166 g/mol. The van der Waals surface area contributed by atoms with Gasteiger partial charge in [0, 0.05) is 12.1 Å². The lowest BCUT2D eigenvalue weighted by molar-refractivity contribution is -0.116. The van der Waals surface area contributed by atoms with Crippen LogP contribution >= 0.6 is 0 Å². The second kappa shape index (κ2) is 3.09. The summed E-state index contributed by atoms with van der Waals surface area (Å²) in [4.78, 5) is 11.2. The average Bonchev–Trinajstić information content (AvgIpc) is 2.25. The maximum absolute atomic E-state index is 11.2. The highest BCUT2D eigenvalue weighted by Gasteiger charge is 2.12. The van der Waals surface area contributed by atoms with Crippen molar-refractivity contribution in [2.45, 2.75) is 19.3 Å². The number of fused-ring (bicyclic) bond motifs is 1. The zero-order valence-electron chi connectivity index (χ0n) is 7.21. The Kier molecular flexibility index (Phi) is 1.93. The highest BCUT2D eigenvalue weighted by molar-refractivity contribution is 5.92. The first-order valence-electron chi connectivity index (χ1n) is 4.37. The largest absolute Gasteiger partial charge is 0.508 e. The summed E-state index contributed by atoms with van der Waals surface area (Å²) in [5.41, 5.74) is 1.85. The number of benzene rings is 1. The lowest BCUT2D eigenvalue weighted by Gasteiger charge is -2.05. The van der Waals surface area contributed by atoms with E-state index in [0.717, 1.165) is 24.1 Å². The SMILES string of the molecule is O=C1CCCc2cc(O)ccc2N1. The summed E-state index contributed by atoms with van der Waals surface area (Å²) in [6.45, 7) is 0. The van der Waals surface area contributed by atoms with E-state index in [1.54, 1.807) is 18.2 Å². The minimum atomic E-state index is 0.0597. The fourth-order valence-corrected chi connectivity index (χ4v) is 1.56. The minimum Gasteiger partial charge on any atom is -0.508 e. The molecule has 0 saturated heterocycles. The Bertz CT molecular complexity index is 347. The molecule has 1 aromatic carbocycles. The zero-order chi connectivity index (χ0) is 9.26. The van der Waals surface area contributed by atoms with Gasteiger partial charge in [-0.15, -0.1) is 0 Å². The molecule has 0 atom stereocenters. The molecule has 1 aromatic rings. The van der Waals surface area contributed by atoms with Crippen molar-refractivity contribution in [3.05, 3.63) is 23.8 Å². The molecule has 2 rings (SSSR count). The zero-order valence-corrected chi connectivity index (χ0v) is 7.21. The van der Waals surface area contributed by atoms with E-state index in [1.165, 1.54) is 0 Å². The van der Waals surface area contributed by atoms with Gasteiger partial charge in [-0.2, -0.15) is 0 Å². The number of phenols is 1. The van der Waals surface area contributed by atoms with E-state index in [0.29, 0.717) is 6.42 Å². The first-order valence-corrected chi connectivity index (χ1v) is 4.37. The third-order valence-electron chi connectivity index (χ3n) is 2.21. The van der Waals surface area contributed by atoms with Crippen LogP contribution in [0.3, 0.4) is 0 Å². The van der Waals surface area contributed by atoms with Crippen molar-refractivity contribution in [3.8, 4) is 5.75 Å². The quantitative estimate of drug-likeness (QED) is 0.592. The smallest absolute Gasteiger partial charge is 0.224 e. The van der Waals surface area contributed by atoms with E-state index in [2.05, 4.69) is 5.32 Å². The van der Waals surface area contributed by atoms with Gasteiger partial charge in [0.15, 0.2) is 0 Å². The van der Waals surface area contributed by atoms with E-state index in [9.17, 15) is 9.90 Å². The number of amides is 1. The molecule has 0 radical (unpaired) electrons. The summed E-state index contributed by atoms with van der Waals surface area (Å²) < 4.78 is 0. The fraction of sp³-hybridized carbons (Fsp3) is 0.300. The first-order chi connectivity index (χ1) is 6.25. The van der Waals surface area contributed by atoms with E-state index in [-0.39, 0.29) is 11.7 Å². The van der Waals surface area contributed by atoms with Crippen LogP contribution in [0, 0.1) is 0 Å². The molecule has 0 saturated carbocycles. The van der Waals surface area contributed by atoms with Crippen molar-refractivity contribution in [3.63, 3.8) is 0 Å². The van der Waals surface area contributed by atoms with Gasteiger partial charge in [0.05, 0.1) is 0 Å². The number of carbonyl (C=O) groups excluding carboxylic acids is 1. The standard InChI is InChI=1S/C10H11NO2/c12-8-4-5-9-7(6-8)2-1-3-10(13)11-9/h4-6,12H,1-3H2,(H,11,13). The van der Waals surface area contributed by atoms with Crippen LogP contribution in [0.5, 0.6) is 5.75 Å². The molecular formula is C10H11NO2. The van der Waals surface area contributed by atoms with Gasteiger partial charge in [-0.3, -0.25) is 4.79 Å². The average molecular weight is 177 g/mol. The number of nitrogens with one attached hydrogen (secondary N) is 1. The molecule has 0 spiro atoms. The highest BCUT2D eigenvalue weighted by atomic mass is 16.3. The van der Waals surface area contributed by atoms with E-state index in [1.807, 2.05) is 0 Å². The summed E-state index contributed by atoms with van der Waals surface area (Å²) >= 11 is 0. The predicted octanol–water partition coefficient (Wildman–Crippen LogP) is 1.67. The van der Waals surface area contributed by atoms with Gasteiger partial charge >= 0.3 is 0 Å². The molecule has 68 valence electrons. The van der Waals surface area contributed by atoms with Gasteiger partial charge in [-0.1, -0.05) is 0 Å². The van der Waals surface area contributed by atoms with Crippen LogP contribution < -0.4 is 5.32 Å². The second-order valence-corrected chi connectivity index (χ2v) is 3.24. The topological polar surface area (TPSA) is 49.3 Å². The summed E-state index contributed by atoms with van der Waals surface area (Å²) in [7, 11) is 0. The molecule has 3 heteroatoms. The first kappa shape index (κ1) is 8.10. The number of rotatable bonds is 0. The molecule has 1 heterocycles. The molecule has 1 aliphatic rings. The van der Waals surface area contributed by atoms with Crippen LogP contribution in [-0.4, -0.2) is 11.0 Å². The maximum Gasteiger partial charge on any atom is 0.224 e. The third kappa shape index (κ3) is 1.64. The third-order valence-corrected chi connectivity index (χ3v) is 2.21. The van der Waals surface area contributed by atoms with Crippen molar-refractivity contribution in [2.24, 2.45) is 0 Å². The normalized spacial score (nSPS) is 15.8. The summed E-state index contributed by atoms with van der Waals surface area (Å²) in [5, 5.41) is 12.0. The number of hydrogen-bond donors (Lipinski definition) is 2. The summed E-state index contributed by atoms with van der Waals surface area (Å²) in [6, 6.07) is 5.04. The van der Waals surface area contributed by atoms with Crippen molar-refractivity contribution < 1.29 is 9.90 Å². The van der Waals surface area contributed by atoms with E-state index in [4.69, 9.17) is 0 Å². The Morgan fingerprint density at radius 3 is 3.00 bits per heavy atom. The molecule has 0 aliphatic carbocycles. The number of aromatic hydroxyl groups is 1. The number of anilines is 1. The fourth-order valence-electron chi connectivity index (χ4n) is 1.56. The Morgan fingerprint density at radius 1 is 1.31 bits per heavy atom. The van der Waals surface area contributed by atoms with Crippen molar-refractivity contribution in [1.29, 1.82) is 0 Å². The number of aryl methyl sites for hydroxylation is 1. The van der Waals surface area contributed by atoms with Crippen LogP contribution in [0.4, 0.5) is 5.69 Å². The van der Waals surface area contributed by atoms with Gasteiger partial charge in [-0.05, 0) is 36.6 Å². The molecule has 13 heavy (non-hydrogen) atoms. The van der Waals surface area contributed by atoms with Crippen molar-refractivity contribution >= 4 is 11.6 Å². The minimum absolute atomic E-state index is 0.0597. The van der Waals surface area contributed by atoms with Crippen LogP contribution in [0.25, 0.3) is 0 Å². The monoisotopic (exact) mass is 177 g/mol. The number of phenolic OH excluding ortho intramolecular Hbond substituents is 1. The lowest BCUT2D eigenvalue weighted by Crippen LogP contribution is -2.08. The molecule has 1 amide bonds. The van der Waals surface area contributed by atoms with Crippen LogP contribution in [0.2, 0.25) is 0 Å². The maximum atomic E-state index is 11.2. The van der Waals surface area contributed by atoms with Crippen molar-refractivity contribution in [1.82, 2.24) is 0 Å². The Labute approximate surface area is 76.4 Å². The van der Waals surface area contributed by atoms with Crippen LogP contribution in [-0.2, 0) is 11.2 Å². The Balaban J connectivity index is 2.40. The molecule has 0 bridgehead atoms. The van der Waals surface area contributed by atoms with Crippen LogP contribution in [0.15, 0.2) is 18.2 Å². The summed E-state index contributed by atoms with van der Waals surface area (Å²) in [6.07, 6.45) is 2.26. The summed E-state index contributed by atoms with van der Waals surface area (Å²) in [5.74, 6) is 0.319. The van der Waals surface area contributed by atoms with Crippen molar-refractivity contribution in [2.75, 3.05) is 5.32 Å². The van der Waals surface area contributed by atoms with Gasteiger partial charge in [0.2, 0.25) is 5.91 Å². The lowest BCUT2D eigenvalue weighted by atomic mass is 10.1. The number of hydrogen-bond acceptors (Lipinski definition) is 2. The van der Waals surface area contributed by atoms with Gasteiger partial charge in [0.1, 0.15) is 5.75 Å². The van der Waals surface area contributed by atoms with Crippen LogP contribution in [0.1, 0.15) is 18.4 Å². The van der Waals surface area contributed by atoms with E-state index >= 15 is 0 Å². The van der Waals surface area contributed by atoms with E-state index < -0.39 is 0 Å². The predicted molar refractivity (Wildman–Crippen MR) is 49.7 cm³/mol. The number of carbonyl (C=O) groups is 1. The second-order valence-electron chi connectivity index (χ2n) is 3.24.